The topological polar surface area (TPSA) is 58.5 Å². The van der Waals surface area contributed by atoms with E-state index in [1.807, 2.05) is 0 Å². The van der Waals surface area contributed by atoms with E-state index < -0.39 is 86.5 Å². The van der Waals surface area contributed by atoms with Gasteiger partial charge in [0, 0.05) is 10.0 Å². The summed E-state index contributed by atoms with van der Waals surface area (Å²) in [6.45, 7) is 0. The predicted octanol–water partition coefficient (Wildman–Crippen LogP) is 8.18. The summed E-state index contributed by atoms with van der Waals surface area (Å²) >= 11 is 2.15. The maximum Gasteiger partial charge on any atom is 0.458 e. The zero-order chi connectivity index (χ0) is 28.1. The number of carbonyl (C=O) groups excluding carboxylic acids is 1. The molecule has 198 valence electrons. The van der Waals surface area contributed by atoms with Crippen LogP contribution >= 0.6 is 15.9 Å². The smallest absolute Gasteiger partial charge is 0.320 e. The van der Waals surface area contributed by atoms with E-state index in [-0.39, 0.29) is 0 Å². The van der Waals surface area contributed by atoms with Gasteiger partial charge in [0.05, 0.1) is 16.8 Å². The Hall–Kier alpha value is -2.92. The zero-order valence-corrected chi connectivity index (χ0v) is 18.0. The summed E-state index contributed by atoms with van der Waals surface area (Å²) in [6.07, 6.45) is -20.4. The Morgan fingerprint density at radius 2 is 1.36 bits per heavy atom. The summed E-state index contributed by atoms with van der Waals surface area (Å²) in [5, 5.41) is 3.46. The third-order valence-electron chi connectivity index (χ3n) is 4.52. The van der Waals surface area contributed by atoms with Crippen molar-refractivity contribution in [1.29, 1.82) is 0 Å². The molecule has 18 heteroatoms. The number of hydrogen-bond donors (Lipinski definition) is 1. The maximum atomic E-state index is 14.4. The number of alkyl halides is 12. The second-order valence-corrected chi connectivity index (χ2v) is 7.65. The van der Waals surface area contributed by atoms with Crippen LogP contribution in [0.15, 0.2) is 40.0 Å². The lowest BCUT2D eigenvalue weighted by Gasteiger charge is -2.32. The Balaban J connectivity index is 2.87. The molecular weight excluding hydrogens is 603 g/mol. The average Bonchev–Trinajstić information content (AvgIpc) is 2.71. The highest BCUT2D eigenvalue weighted by Crippen LogP contribution is 2.56. The highest BCUT2D eigenvalue weighted by molar-refractivity contribution is 9.10. The van der Waals surface area contributed by atoms with Crippen LogP contribution in [0.4, 0.5) is 68.5 Å². The minimum atomic E-state index is -6.88. The molecule has 0 aliphatic rings. The number of nitrogens with zero attached hydrogens (tertiary/aromatic N) is 1. The molecule has 0 aliphatic carbocycles. The lowest BCUT2D eigenvalue weighted by molar-refractivity contribution is -0.348. The lowest BCUT2D eigenvalue weighted by Crippen LogP contribution is -2.50. The van der Waals surface area contributed by atoms with E-state index in [0.29, 0.717) is 6.07 Å². The fraction of sp³-hybridized carbons (Fsp3) is 0.278. The first-order valence-electron chi connectivity index (χ1n) is 8.65. The second kappa shape index (κ2) is 9.19. The number of anilines is 1. The van der Waals surface area contributed by atoms with E-state index in [1.165, 1.54) is 5.32 Å². The molecule has 0 saturated heterocycles. The van der Waals surface area contributed by atoms with Gasteiger partial charge in [-0.25, -0.2) is 8.78 Å². The molecular formula is C18H6BrF13N2O2. The number of nitroso groups, excluding NO2 is 1. The molecule has 1 amide bonds. The summed E-state index contributed by atoms with van der Waals surface area (Å²) in [5.74, 6) is -9.83. The third-order valence-corrected chi connectivity index (χ3v) is 5.15. The average molecular weight is 609 g/mol. The fourth-order valence-electron chi connectivity index (χ4n) is 2.77. The number of hydrogen-bond acceptors (Lipinski definition) is 3. The molecule has 2 aromatic carbocycles. The van der Waals surface area contributed by atoms with Crippen molar-refractivity contribution < 1.29 is 61.9 Å². The van der Waals surface area contributed by atoms with Gasteiger partial charge in [0.2, 0.25) is 0 Å². The standard InChI is InChI=1S/C18H6BrF13N2O2/c19-9-5-6(14(21,16(24,25)26)17(27,28)29)4-8(15(22,23)18(30,31)32)12(9)33-13(35)7-2-1-3-10(34-36)11(7)20/h1-5H,(H,33,35). The lowest BCUT2D eigenvalue weighted by atomic mass is 9.90. The fourth-order valence-corrected chi connectivity index (χ4v) is 3.33. The van der Waals surface area contributed by atoms with E-state index >= 15 is 0 Å². The normalized spacial score (nSPS) is 13.5. The quantitative estimate of drug-likeness (QED) is 0.275. The van der Waals surface area contributed by atoms with Crippen molar-refractivity contribution in [3.8, 4) is 0 Å². The molecule has 36 heavy (non-hydrogen) atoms. The molecule has 0 spiro atoms. The molecule has 0 aliphatic heterocycles. The minimum absolute atomic E-state index is 0.438. The highest BCUT2D eigenvalue weighted by Gasteiger charge is 2.74. The van der Waals surface area contributed by atoms with E-state index in [1.54, 1.807) is 0 Å². The molecule has 1 N–H and O–H groups in total. The van der Waals surface area contributed by atoms with Gasteiger partial charge in [-0.05, 0) is 45.4 Å². The van der Waals surface area contributed by atoms with Gasteiger partial charge in [-0.1, -0.05) is 6.07 Å². The Morgan fingerprint density at radius 1 is 0.833 bits per heavy atom. The summed E-state index contributed by atoms with van der Waals surface area (Å²) in [6, 6.07) is 0.619. The van der Waals surface area contributed by atoms with Gasteiger partial charge in [0.1, 0.15) is 5.69 Å². The number of halogens is 14. The summed E-state index contributed by atoms with van der Waals surface area (Å²) in [5.41, 5.74) is -15.9. The van der Waals surface area contributed by atoms with E-state index in [0.717, 1.165) is 12.1 Å². The number of carbonyl (C=O) groups is 1. The summed E-state index contributed by atoms with van der Waals surface area (Å²) in [7, 11) is 0. The minimum Gasteiger partial charge on any atom is -0.320 e. The van der Waals surface area contributed by atoms with Gasteiger partial charge >= 0.3 is 30.1 Å². The zero-order valence-electron chi connectivity index (χ0n) is 16.4. The number of rotatable bonds is 5. The first kappa shape index (κ1) is 29.3. The van der Waals surface area contributed by atoms with Crippen molar-refractivity contribution in [1.82, 2.24) is 0 Å². The molecule has 0 radical (unpaired) electrons. The van der Waals surface area contributed by atoms with Gasteiger partial charge in [-0.3, -0.25) is 4.79 Å². The monoisotopic (exact) mass is 608 g/mol. The Bertz CT molecular complexity index is 1180. The number of benzene rings is 2. The van der Waals surface area contributed by atoms with Crippen LogP contribution in [0.25, 0.3) is 0 Å². The molecule has 0 aromatic heterocycles. The van der Waals surface area contributed by atoms with E-state index in [9.17, 15) is 66.8 Å². The van der Waals surface area contributed by atoms with Crippen molar-refractivity contribution in [2.75, 3.05) is 5.32 Å². The van der Waals surface area contributed by atoms with Crippen LogP contribution in [-0.2, 0) is 11.6 Å². The Morgan fingerprint density at radius 3 is 1.81 bits per heavy atom. The molecule has 0 heterocycles. The van der Waals surface area contributed by atoms with Crippen LogP contribution in [0.2, 0.25) is 0 Å². The molecule has 0 fully saturated rings. The molecule has 0 bridgehead atoms. The second-order valence-electron chi connectivity index (χ2n) is 6.79. The largest absolute Gasteiger partial charge is 0.458 e. The van der Waals surface area contributed by atoms with E-state index in [4.69, 9.17) is 0 Å². The Labute approximate surface area is 198 Å². The van der Waals surface area contributed by atoms with Gasteiger partial charge < -0.3 is 5.32 Å². The Kier molecular flexibility index (Phi) is 7.48. The first-order valence-corrected chi connectivity index (χ1v) is 9.45. The molecule has 2 rings (SSSR count). The molecule has 0 unspecified atom stereocenters. The SMILES string of the molecule is O=Nc1cccc(C(=O)Nc2c(Br)cc(C(F)(C(F)(F)F)C(F)(F)F)cc2C(F)(F)C(F)(F)F)c1F. The molecule has 0 saturated carbocycles. The predicted molar refractivity (Wildman–Crippen MR) is 98.8 cm³/mol. The molecule has 4 nitrogen and oxygen atoms in total. The van der Waals surface area contributed by atoms with Crippen molar-refractivity contribution in [3.63, 3.8) is 0 Å². The van der Waals surface area contributed by atoms with Gasteiger partial charge in [0.15, 0.2) is 5.82 Å². The number of nitrogens with one attached hydrogen (secondary N) is 1. The van der Waals surface area contributed by atoms with Gasteiger partial charge in [-0.2, -0.15) is 48.3 Å². The van der Waals surface area contributed by atoms with Crippen molar-refractivity contribution in [2.24, 2.45) is 5.18 Å². The van der Waals surface area contributed by atoms with E-state index in [2.05, 4.69) is 21.1 Å². The van der Waals surface area contributed by atoms with Crippen LogP contribution in [0.5, 0.6) is 0 Å². The van der Waals surface area contributed by atoms with Crippen LogP contribution in [-0.4, -0.2) is 24.4 Å². The molecule has 2 aromatic rings. The van der Waals surface area contributed by atoms with Crippen LogP contribution in [0, 0.1) is 10.7 Å². The van der Waals surface area contributed by atoms with Crippen molar-refractivity contribution in [2.45, 2.75) is 30.1 Å². The maximum absolute atomic E-state index is 14.4. The van der Waals surface area contributed by atoms with Crippen LogP contribution in [0.3, 0.4) is 0 Å². The van der Waals surface area contributed by atoms with Gasteiger partial charge in [0.25, 0.3) is 5.91 Å². The first-order chi connectivity index (χ1) is 16.1. The number of amides is 1. The summed E-state index contributed by atoms with van der Waals surface area (Å²) < 4.78 is 173. The van der Waals surface area contributed by atoms with Gasteiger partial charge in [-0.15, -0.1) is 4.91 Å². The van der Waals surface area contributed by atoms with Crippen LogP contribution in [0.1, 0.15) is 21.5 Å². The van der Waals surface area contributed by atoms with Crippen molar-refractivity contribution in [3.05, 3.63) is 62.2 Å². The van der Waals surface area contributed by atoms with Crippen LogP contribution < -0.4 is 5.32 Å². The third kappa shape index (κ3) is 4.86. The summed E-state index contributed by atoms with van der Waals surface area (Å²) in [4.78, 5) is 22.8. The van der Waals surface area contributed by atoms with Crippen molar-refractivity contribution >= 4 is 33.2 Å². The molecule has 0 atom stereocenters. The highest BCUT2D eigenvalue weighted by atomic mass is 79.9.